The molecule has 0 amide bonds. The molecule has 0 aromatic heterocycles. The highest BCUT2D eigenvalue weighted by Gasteiger charge is 2.10. The number of nitrogens with one attached hydrogen (secondary N) is 1. The summed E-state index contributed by atoms with van der Waals surface area (Å²) in [6.45, 7) is 3.20. The Morgan fingerprint density at radius 2 is 1.93 bits per heavy atom. The Labute approximate surface area is 81.6 Å². The summed E-state index contributed by atoms with van der Waals surface area (Å²) in [5.74, 6) is -0.483. The van der Waals surface area contributed by atoms with Crippen LogP contribution in [0.15, 0.2) is 47.7 Å². The standard InChI is InChI=1S/C9H8FNO2S/c1-2-7-11-14(12,13)9-5-3-8(10)4-6-9/h3-7,11H,1H2. The third-order valence-electron chi connectivity index (χ3n) is 1.44. The van der Waals surface area contributed by atoms with Gasteiger partial charge in [-0.1, -0.05) is 6.58 Å². The van der Waals surface area contributed by atoms with Gasteiger partial charge >= 0.3 is 0 Å². The molecular formula is C9H8FNO2S. The molecule has 74 valence electrons. The molecule has 1 rings (SSSR count). The van der Waals surface area contributed by atoms with Gasteiger partial charge in [-0.2, -0.15) is 0 Å². The van der Waals surface area contributed by atoms with Gasteiger partial charge < -0.3 is 0 Å². The van der Waals surface area contributed by atoms with Crippen molar-refractivity contribution in [2.45, 2.75) is 4.90 Å². The van der Waals surface area contributed by atoms with E-state index in [0.29, 0.717) is 0 Å². The van der Waals surface area contributed by atoms with Gasteiger partial charge in [-0.3, -0.25) is 4.72 Å². The van der Waals surface area contributed by atoms with Gasteiger partial charge in [0.15, 0.2) is 0 Å². The van der Waals surface area contributed by atoms with Gasteiger partial charge in [0.1, 0.15) is 5.82 Å². The molecule has 0 saturated heterocycles. The first kappa shape index (κ1) is 10.5. The first-order valence-electron chi connectivity index (χ1n) is 3.68. The Morgan fingerprint density at radius 1 is 1.36 bits per heavy atom. The van der Waals surface area contributed by atoms with Crippen molar-refractivity contribution in [3.63, 3.8) is 0 Å². The third kappa shape index (κ3) is 2.45. The Bertz CT molecular complexity index is 458. The molecule has 0 spiro atoms. The van der Waals surface area contributed by atoms with E-state index in [1.54, 1.807) is 0 Å². The monoisotopic (exact) mass is 213 g/mol. The van der Waals surface area contributed by atoms with E-state index in [-0.39, 0.29) is 4.90 Å². The van der Waals surface area contributed by atoms with E-state index in [9.17, 15) is 12.8 Å². The zero-order valence-electron chi connectivity index (χ0n) is 7.20. The molecule has 0 fully saturated rings. The molecule has 0 aliphatic rings. The van der Waals surface area contributed by atoms with Gasteiger partial charge in [-0.25, -0.2) is 12.8 Å². The topological polar surface area (TPSA) is 46.2 Å². The fourth-order valence-corrected chi connectivity index (χ4v) is 1.67. The first-order chi connectivity index (χ1) is 6.56. The molecule has 5 heteroatoms. The van der Waals surface area contributed by atoms with Crippen LogP contribution < -0.4 is 4.72 Å². The second kappa shape index (κ2) is 4.09. The zero-order valence-corrected chi connectivity index (χ0v) is 8.01. The smallest absolute Gasteiger partial charge is 0.261 e. The van der Waals surface area contributed by atoms with Crippen LogP contribution in [0.25, 0.3) is 0 Å². The minimum absolute atomic E-state index is 0.00889. The predicted octanol–water partition coefficient (Wildman–Crippen LogP) is 1.40. The minimum atomic E-state index is -3.61. The van der Waals surface area contributed by atoms with E-state index >= 15 is 0 Å². The summed E-state index contributed by atoms with van der Waals surface area (Å²) in [4.78, 5) is -0.00889. The van der Waals surface area contributed by atoms with Crippen LogP contribution in [0.2, 0.25) is 0 Å². The van der Waals surface area contributed by atoms with E-state index in [1.165, 1.54) is 12.1 Å². The van der Waals surface area contributed by atoms with E-state index < -0.39 is 15.8 Å². The fourth-order valence-electron chi connectivity index (χ4n) is 0.801. The van der Waals surface area contributed by atoms with E-state index in [2.05, 4.69) is 17.0 Å². The Morgan fingerprint density at radius 3 is 2.43 bits per heavy atom. The second-order valence-electron chi connectivity index (χ2n) is 2.42. The van der Waals surface area contributed by atoms with E-state index in [0.717, 1.165) is 18.3 Å². The maximum absolute atomic E-state index is 12.5. The van der Waals surface area contributed by atoms with Gasteiger partial charge in [0.05, 0.1) is 11.1 Å². The SMILES string of the molecule is C=C=CNS(=O)(=O)c1ccc(F)cc1. The van der Waals surface area contributed by atoms with Crippen molar-refractivity contribution in [2.24, 2.45) is 0 Å². The maximum atomic E-state index is 12.5. The van der Waals surface area contributed by atoms with E-state index in [4.69, 9.17) is 0 Å². The maximum Gasteiger partial charge on any atom is 0.261 e. The molecule has 1 aromatic carbocycles. The van der Waals surface area contributed by atoms with Gasteiger partial charge in [0, 0.05) is 0 Å². The summed E-state index contributed by atoms with van der Waals surface area (Å²) in [6, 6.07) is 4.50. The summed E-state index contributed by atoms with van der Waals surface area (Å²) in [7, 11) is -3.61. The van der Waals surface area contributed by atoms with Crippen LogP contribution in [-0.2, 0) is 10.0 Å². The molecule has 0 radical (unpaired) electrons. The van der Waals surface area contributed by atoms with Crippen molar-refractivity contribution >= 4 is 10.0 Å². The normalized spacial score (nSPS) is 10.4. The van der Waals surface area contributed by atoms with Crippen molar-refractivity contribution in [3.8, 4) is 0 Å². The Hall–Kier alpha value is -1.58. The summed E-state index contributed by atoms with van der Waals surface area (Å²) >= 11 is 0. The van der Waals surface area contributed by atoms with Crippen LogP contribution in [-0.4, -0.2) is 8.42 Å². The lowest BCUT2D eigenvalue weighted by molar-refractivity contribution is 0.589. The molecule has 0 atom stereocenters. The molecule has 0 unspecified atom stereocenters. The number of hydrogen-bond donors (Lipinski definition) is 1. The summed E-state index contributed by atoms with van der Waals surface area (Å²) in [5.41, 5.74) is 2.27. The zero-order chi connectivity index (χ0) is 10.6. The minimum Gasteiger partial charge on any atom is -0.279 e. The van der Waals surface area contributed by atoms with Crippen LogP contribution in [0.4, 0.5) is 4.39 Å². The third-order valence-corrected chi connectivity index (χ3v) is 2.76. The van der Waals surface area contributed by atoms with Crippen molar-refractivity contribution in [1.82, 2.24) is 4.72 Å². The lowest BCUT2D eigenvalue weighted by Crippen LogP contribution is -2.17. The highest BCUT2D eigenvalue weighted by Crippen LogP contribution is 2.08. The average Bonchev–Trinajstić information content (AvgIpc) is 2.16. The molecule has 0 saturated carbocycles. The highest BCUT2D eigenvalue weighted by atomic mass is 32.2. The number of sulfonamides is 1. The quantitative estimate of drug-likeness (QED) is 0.771. The van der Waals surface area contributed by atoms with Gasteiger partial charge in [-0.05, 0) is 24.3 Å². The van der Waals surface area contributed by atoms with Crippen LogP contribution in [0.5, 0.6) is 0 Å². The molecule has 14 heavy (non-hydrogen) atoms. The summed E-state index contributed by atoms with van der Waals surface area (Å²) in [6.07, 6.45) is 1.07. The van der Waals surface area contributed by atoms with Crippen LogP contribution in [0, 0.1) is 5.82 Å². The molecule has 1 N–H and O–H groups in total. The van der Waals surface area contributed by atoms with Crippen molar-refractivity contribution in [3.05, 3.63) is 48.6 Å². The van der Waals surface area contributed by atoms with Crippen LogP contribution >= 0.6 is 0 Å². The lowest BCUT2D eigenvalue weighted by atomic mass is 10.4. The van der Waals surface area contributed by atoms with E-state index in [1.807, 2.05) is 0 Å². The van der Waals surface area contributed by atoms with Crippen molar-refractivity contribution in [1.29, 1.82) is 0 Å². The van der Waals surface area contributed by atoms with Crippen molar-refractivity contribution in [2.75, 3.05) is 0 Å². The Balaban J connectivity index is 3.04. The van der Waals surface area contributed by atoms with Gasteiger partial charge in [0.2, 0.25) is 0 Å². The van der Waals surface area contributed by atoms with Gasteiger partial charge in [-0.15, -0.1) is 5.73 Å². The molecule has 0 bridgehead atoms. The highest BCUT2D eigenvalue weighted by molar-refractivity contribution is 7.89. The van der Waals surface area contributed by atoms with Crippen molar-refractivity contribution < 1.29 is 12.8 Å². The lowest BCUT2D eigenvalue weighted by Gasteiger charge is -2.01. The molecule has 3 nitrogen and oxygen atoms in total. The molecule has 1 aromatic rings. The Kier molecular flexibility index (Phi) is 3.06. The molecule has 0 heterocycles. The number of benzene rings is 1. The molecule has 0 aliphatic carbocycles. The van der Waals surface area contributed by atoms with Gasteiger partial charge in [0.25, 0.3) is 10.0 Å². The molecular weight excluding hydrogens is 205 g/mol. The van der Waals surface area contributed by atoms with Crippen LogP contribution in [0.3, 0.4) is 0 Å². The average molecular weight is 213 g/mol. The number of rotatable bonds is 3. The molecule has 0 aliphatic heterocycles. The summed E-state index contributed by atoms with van der Waals surface area (Å²) < 4.78 is 37.3. The first-order valence-corrected chi connectivity index (χ1v) is 5.17. The predicted molar refractivity (Wildman–Crippen MR) is 50.4 cm³/mol. The fraction of sp³-hybridized carbons (Fsp3) is 0. The largest absolute Gasteiger partial charge is 0.279 e. The van der Waals surface area contributed by atoms with Crippen LogP contribution in [0.1, 0.15) is 0 Å². The summed E-state index contributed by atoms with van der Waals surface area (Å²) in [5, 5.41) is 0. The second-order valence-corrected chi connectivity index (χ2v) is 4.14. The number of hydrogen-bond acceptors (Lipinski definition) is 2. The number of halogens is 1.